The molecular formula is C21H24ClFN2O2. The SMILES string of the molecule is O=C1CCCN1CCCNCc1ccc(OCc2c(F)cccc2Cl)cc1. The topological polar surface area (TPSA) is 41.6 Å². The summed E-state index contributed by atoms with van der Waals surface area (Å²) in [4.78, 5) is 13.5. The van der Waals surface area contributed by atoms with Crippen LogP contribution in [-0.2, 0) is 17.9 Å². The molecule has 1 aliphatic rings. The van der Waals surface area contributed by atoms with Crippen LogP contribution in [0.3, 0.4) is 0 Å². The summed E-state index contributed by atoms with van der Waals surface area (Å²) in [6.45, 7) is 3.45. The van der Waals surface area contributed by atoms with Crippen molar-refractivity contribution >= 4 is 17.5 Å². The fourth-order valence-corrected chi connectivity index (χ4v) is 3.31. The molecule has 1 saturated heterocycles. The van der Waals surface area contributed by atoms with E-state index < -0.39 is 0 Å². The highest BCUT2D eigenvalue weighted by molar-refractivity contribution is 6.31. The minimum atomic E-state index is -0.362. The minimum absolute atomic E-state index is 0.0956. The van der Waals surface area contributed by atoms with Gasteiger partial charge in [-0.15, -0.1) is 0 Å². The van der Waals surface area contributed by atoms with E-state index in [9.17, 15) is 9.18 Å². The van der Waals surface area contributed by atoms with Crippen LogP contribution < -0.4 is 10.1 Å². The number of hydrogen-bond acceptors (Lipinski definition) is 3. The molecule has 3 rings (SSSR count). The van der Waals surface area contributed by atoms with Crippen molar-refractivity contribution in [2.75, 3.05) is 19.6 Å². The van der Waals surface area contributed by atoms with E-state index in [1.54, 1.807) is 12.1 Å². The molecule has 1 heterocycles. The van der Waals surface area contributed by atoms with Gasteiger partial charge in [-0.2, -0.15) is 0 Å². The van der Waals surface area contributed by atoms with E-state index in [1.165, 1.54) is 6.07 Å². The smallest absolute Gasteiger partial charge is 0.222 e. The van der Waals surface area contributed by atoms with Crippen molar-refractivity contribution in [3.8, 4) is 5.75 Å². The number of hydrogen-bond donors (Lipinski definition) is 1. The summed E-state index contributed by atoms with van der Waals surface area (Å²) in [6, 6.07) is 12.3. The number of halogens is 2. The predicted molar refractivity (Wildman–Crippen MR) is 104 cm³/mol. The summed E-state index contributed by atoms with van der Waals surface area (Å²) in [6.07, 6.45) is 2.64. The van der Waals surface area contributed by atoms with Crippen molar-refractivity contribution in [2.24, 2.45) is 0 Å². The van der Waals surface area contributed by atoms with Gasteiger partial charge in [0.2, 0.25) is 5.91 Å². The number of benzene rings is 2. The molecule has 2 aromatic rings. The lowest BCUT2D eigenvalue weighted by Crippen LogP contribution is -2.28. The third-order valence-electron chi connectivity index (χ3n) is 4.65. The van der Waals surface area contributed by atoms with Gasteiger partial charge in [0.05, 0.1) is 5.02 Å². The molecule has 0 aromatic heterocycles. The van der Waals surface area contributed by atoms with E-state index in [1.807, 2.05) is 29.2 Å². The quantitative estimate of drug-likeness (QED) is 0.654. The van der Waals surface area contributed by atoms with Crippen molar-refractivity contribution < 1.29 is 13.9 Å². The minimum Gasteiger partial charge on any atom is -0.489 e. The lowest BCUT2D eigenvalue weighted by Gasteiger charge is -2.15. The monoisotopic (exact) mass is 390 g/mol. The maximum atomic E-state index is 13.7. The highest BCUT2D eigenvalue weighted by atomic mass is 35.5. The third kappa shape index (κ3) is 5.68. The first-order chi connectivity index (χ1) is 13.1. The zero-order valence-corrected chi connectivity index (χ0v) is 16.0. The molecule has 1 aliphatic heterocycles. The predicted octanol–water partition coefficient (Wildman–Crippen LogP) is 4.16. The van der Waals surface area contributed by atoms with E-state index in [2.05, 4.69) is 5.32 Å². The average molecular weight is 391 g/mol. The van der Waals surface area contributed by atoms with Gasteiger partial charge in [0.15, 0.2) is 0 Å². The van der Waals surface area contributed by atoms with Crippen molar-refractivity contribution in [1.29, 1.82) is 0 Å². The van der Waals surface area contributed by atoms with Crippen LogP contribution in [0, 0.1) is 5.82 Å². The van der Waals surface area contributed by atoms with Crippen LogP contribution in [0.1, 0.15) is 30.4 Å². The Kier molecular flexibility index (Phi) is 7.07. The standard InChI is InChI=1S/C21H24ClFN2O2/c22-19-4-1-5-20(23)18(19)15-27-17-9-7-16(8-10-17)14-24-11-3-13-25-12-2-6-21(25)26/h1,4-5,7-10,24H,2-3,6,11-15H2. The molecule has 0 radical (unpaired) electrons. The molecule has 144 valence electrons. The van der Waals surface area contributed by atoms with Gasteiger partial charge < -0.3 is 15.0 Å². The highest BCUT2D eigenvalue weighted by Crippen LogP contribution is 2.21. The second-order valence-electron chi connectivity index (χ2n) is 6.65. The molecular weight excluding hydrogens is 367 g/mol. The van der Waals surface area contributed by atoms with E-state index in [0.717, 1.165) is 44.6 Å². The van der Waals surface area contributed by atoms with Gasteiger partial charge >= 0.3 is 0 Å². The highest BCUT2D eigenvalue weighted by Gasteiger charge is 2.18. The van der Waals surface area contributed by atoms with E-state index in [-0.39, 0.29) is 18.3 Å². The van der Waals surface area contributed by atoms with Crippen LogP contribution in [0.2, 0.25) is 5.02 Å². The molecule has 6 heteroatoms. The maximum Gasteiger partial charge on any atom is 0.222 e. The molecule has 0 spiro atoms. The molecule has 0 unspecified atom stereocenters. The Morgan fingerprint density at radius 3 is 2.70 bits per heavy atom. The van der Waals surface area contributed by atoms with Crippen molar-refractivity contribution in [1.82, 2.24) is 10.2 Å². The number of likely N-dealkylation sites (tertiary alicyclic amines) is 1. The fourth-order valence-electron chi connectivity index (χ4n) is 3.10. The number of nitrogens with one attached hydrogen (secondary N) is 1. The van der Waals surface area contributed by atoms with Gasteiger partial charge in [-0.05, 0) is 49.2 Å². The van der Waals surface area contributed by atoms with Crippen molar-refractivity contribution in [3.63, 3.8) is 0 Å². The Bertz CT molecular complexity index is 747. The molecule has 4 nitrogen and oxygen atoms in total. The van der Waals surface area contributed by atoms with Crippen molar-refractivity contribution in [3.05, 3.63) is 64.4 Å². The van der Waals surface area contributed by atoms with E-state index in [0.29, 0.717) is 22.8 Å². The molecule has 0 bridgehead atoms. The number of amides is 1. The first kappa shape index (κ1) is 19.6. The normalized spacial score (nSPS) is 14.0. The zero-order valence-electron chi connectivity index (χ0n) is 15.2. The summed E-state index contributed by atoms with van der Waals surface area (Å²) in [5.41, 5.74) is 1.50. The van der Waals surface area contributed by atoms with Gasteiger partial charge in [-0.25, -0.2) is 4.39 Å². The third-order valence-corrected chi connectivity index (χ3v) is 5.00. The van der Waals surface area contributed by atoms with E-state index >= 15 is 0 Å². The molecule has 1 N–H and O–H groups in total. The molecule has 0 saturated carbocycles. The van der Waals surface area contributed by atoms with Gasteiger partial charge in [0, 0.05) is 31.6 Å². The molecule has 1 amide bonds. The summed E-state index contributed by atoms with van der Waals surface area (Å²) in [5.74, 6) is 0.590. The van der Waals surface area contributed by atoms with Crippen LogP contribution in [0.5, 0.6) is 5.75 Å². The van der Waals surface area contributed by atoms with Crippen LogP contribution in [0.15, 0.2) is 42.5 Å². The molecule has 0 aliphatic carbocycles. The molecule has 2 aromatic carbocycles. The summed E-state index contributed by atoms with van der Waals surface area (Å²) in [7, 11) is 0. The average Bonchev–Trinajstić information content (AvgIpc) is 3.07. The Hall–Kier alpha value is -2.11. The Morgan fingerprint density at radius 2 is 2.00 bits per heavy atom. The van der Waals surface area contributed by atoms with Gasteiger partial charge in [-0.1, -0.05) is 29.8 Å². The van der Waals surface area contributed by atoms with Gasteiger partial charge in [-0.3, -0.25) is 4.79 Å². The van der Waals surface area contributed by atoms with Crippen LogP contribution in [-0.4, -0.2) is 30.4 Å². The van der Waals surface area contributed by atoms with E-state index in [4.69, 9.17) is 16.3 Å². The van der Waals surface area contributed by atoms with Crippen molar-refractivity contribution in [2.45, 2.75) is 32.4 Å². The van der Waals surface area contributed by atoms with Gasteiger partial charge in [0.25, 0.3) is 0 Å². The Balaban J connectivity index is 1.38. The first-order valence-electron chi connectivity index (χ1n) is 9.26. The summed E-state index contributed by atoms with van der Waals surface area (Å²) in [5, 5.41) is 3.75. The largest absolute Gasteiger partial charge is 0.489 e. The zero-order chi connectivity index (χ0) is 19.1. The summed E-state index contributed by atoms with van der Waals surface area (Å²) >= 11 is 6.00. The molecule has 0 atom stereocenters. The van der Waals surface area contributed by atoms with Gasteiger partial charge in [0.1, 0.15) is 18.2 Å². The lowest BCUT2D eigenvalue weighted by molar-refractivity contribution is -0.127. The van der Waals surface area contributed by atoms with Crippen LogP contribution >= 0.6 is 11.6 Å². The van der Waals surface area contributed by atoms with Crippen LogP contribution in [0.4, 0.5) is 4.39 Å². The lowest BCUT2D eigenvalue weighted by atomic mass is 10.2. The molecule has 27 heavy (non-hydrogen) atoms. The number of ether oxygens (including phenoxy) is 1. The second-order valence-corrected chi connectivity index (χ2v) is 7.05. The molecule has 1 fully saturated rings. The number of carbonyl (C=O) groups is 1. The maximum absolute atomic E-state index is 13.7. The number of carbonyl (C=O) groups excluding carboxylic acids is 1. The second kappa shape index (κ2) is 9.72. The summed E-state index contributed by atoms with van der Waals surface area (Å²) < 4.78 is 19.4. The van der Waals surface area contributed by atoms with Crippen LogP contribution in [0.25, 0.3) is 0 Å². The fraction of sp³-hybridized carbons (Fsp3) is 0.381. The first-order valence-corrected chi connectivity index (χ1v) is 9.64. The number of rotatable bonds is 9. The Morgan fingerprint density at radius 1 is 1.19 bits per heavy atom. The Labute approximate surface area is 164 Å². The number of nitrogens with zero attached hydrogens (tertiary/aromatic N) is 1.